The van der Waals surface area contributed by atoms with Gasteiger partial charge in [-0.2, -0.15) is 0 Å². The van der Waals surface area contributed by atoms with Crippen molar-refractivity contribution in [2.24, 2.45) is 0 Å². The van der Waals surface area contributed by atoms with Gasteiger partial charge in [0.25, 0.3) is 5.91 Å². The van der Waals surface area contributed by atoms with Crippen LogP contribution in [0.25, 0.3) is 0 Å². The standard InChI is InChI=1S/C28H32ClN5O4S/c1-20-5-3-4-6-24(20)32-11-13-33(14-12-32)26(36)17-23-19-39-28(30-23)31-25(35)18-34(15-16-38-2)27(37)21-7-9-22(29)10-8-21/h3-10,19H,11-18H2,1-2H3,(H,30,31,35). The summed E-state index contributed by atoms with van der Waals surface area (Å²) < 4.78 is 5.11. The van der Waals surface area contributed by atoms with Crippen LogP contribution in [0, 0.1) is 6.92 Å². The van der Waals surface area contributed by atoms with Crippen LogP contribution in [0.4, 0.5) is 10.8 Å². The van der Waals surface area contributed by atoms with Crippen molar-refractivity contribution in [3.05, 3.63) is 75.8 Å². The van der Waals surface area contributed by atoms with Crippen LogP contribution in [-0.4, -0.2) is 85.5 Å². The van der Waals surface area contributed by atoms with Crippen molar-refractivity contribution in [2.45, 2.75) is 13.3 Å². The molecule has 1 saturated heterocycles. The molecule has 2 aromatic carbocycles. The topological polar surface area (TPSA) is 95.1 Å². The summed E-state index contributed by atoms with van der Waals surface area (Å²) in [7, 11) is 1.54. The van der Waals surface area contributed by atoms with Crippen molar-refractivity contribution in [1.29, 1.82) is 0 Å². The number of carbonyl (C=O) groups excluding carboxylic acids is 3. The van der Waals surface area contributed by atoms with Gasteiger partial charge in [-0.05, 0) is 42.8 Å². The third kappa shape index (κ3) is 7.78. The Labute approximate surface area is 237 Å². The van der Waals surface area contributed by atoms with E-state index in [1.807, 2.05) is 17.0 Å². The summed E-state index contributed by atoms with van der Waals surface area (Å²) in [5, 5.41) is 5.43. The van der Waals surface area contributed by atoms with Crippen LogP contribution in [0.15, 0.2) is 53.9 Å². The summed E-state index contributed by atoms with van der Waals surface area (Å²) in [4.78, 5) is 48.6. The van der Waals surface area contributed by atoms with Gasteiger partial charge in [0.2, 0.25) is 11.8 Å². The Morgan fingerprint density at radius 3 is 2.49 bits per heavy atom. The number of anilines is 2. The van der Waals surface area contributed by atoms with E-state index in [1.165, 1.54) is 34.6 Å². The van der Waals surface area contributed by atoms with Gasteiger partial charge in [0, 0.05) is 61.5 Å². The van der Waals surface area contributed by atoms with E-state index in [-0.39, 0.29) is 43.8 Å². The molecule has 4 rings (SSSR count). The molecule has 1 aliphatic heterocycles. The van der Waals surface area contributed by atoms with Crippen LogP contribution in [0.2, 0.25) is 5.02 Å². The van der Waals surface area contributed by atoms with E-state index < -0.39 is 0 Å². The molecule has 0 atom stereocenters. The van der Waals surface area contributed by atoms with Gasteiger partial charge in [-0.15, -0.1) is 11.3 Å². The Bertz CT molecular complexity index is 1290. The van der Waals surface area contributed by atoms with Crippen LogP contribution < -0.4 is 10.2 Å². The summed E-state index contributed by atoms with van der Waals surface area (Å²) in [5.41, 5.74) is 3.47. The highest BCUT2D eigenvalue weighted by Crippen LogP contribution is 2.22. The molecule has 9 nitrogen and oxygen atoms in total. The number of hydrogen-bond acceptors (Lipinski definition) is 7. The summed E-state index contributed by atoms with van der Waals surface area (Å²) in [6.07, 6.45) is 0.172. The van der Waals surface area contributed by atoms with Gasteiger partial charge in [0.1, 0.15) is 6.54 Å². The van der Waals surface area contributed by atoms with Crippen molar-refractivity contribution >= 4 is 51.5 Å². The Balaban J connectivity index is 1.28. The maximum Gasteiger partial charge on any atom is 0.254 e. The summed E-state index contributed by atoms with van der Waals surface area (Å²) in [6.45, 7) is 5.34. The van der Waals surface area contributed by atoms with Crippen molar-refractivity contribution in [3.8, 4) is 0 Å². The largest absolute Gasteiger partial charge is 0.383 e. The molecule has 1 aliphatic rings. The van der Waals surface area contributed by atoms with Gasteiger partial charge in [0.15, 0.2) is 5.13 Å². The van der Waals surface area contributed by atoms with Gasteiger partial charge in [0.05, 0.1) is 18.7 Å². The zero-order valence-electron chi connectivity index (χ0n) is 22.1. The fraction of sp³-hybridized carbons (Fsp3) is 0.357. The summed E-state index contributed by atoms with van der Waals surface area (Å²) in [5.74, 6) is -0.665. The number of halogens is 1. The lowest BCUT2D eigenvalue weighted by atomic mass is 10.1. The SMILES string of the molecule is COCCN(CC(=O)Nc1nc(CC(=O)N2CCN(c3ccccc3C)CC2)cs1)C(=O)c1ccc(Cl)cc1. The number of nitrogens with zero attached hydrogens (tertiary/aromatic N) is 4. The number of methoxy groups -OCH3 is 1. The molecule has 2 heterocycles. The molecule has 0 spiro atoms. The molecular weight excluding hydrogens is 538 g/mol. The molecule has 0 aliphatic carbocycles. The second-order valence-electron chi connectivity index (χ2n) is 9.25. The fourth-order valence-corrected chi connectivity index (χ4v) is 5.24. The summed E-state index contributed by atoms with van der Waals surface area (Å²) >= 11 is 7.18. The smallest absolute Gasteiger partial charge is 0.254 e. The van der Waals surface area contributed by atoms with Crippen molar-refractivity contribution in [1.82, 2.24) is 14.8 Å². The molecule has 0 radical (unpaired) electrons. The normalized spacial score (nSPS) is 13.3. The molecule has 206 valence electrons. The van der Waals surface area contributed by atoms with E-state index in [0.29, 0.717) is 34.5 Å². The van der Waals surface area contributed by atoms with E-state index in [4.69, 9.17) is 16.3 Å². The average Bonchev–Trinajstić information content (AvgIpc) is 3.37. The van der Waals surface area contributed by atoms with Gasteiger partial charge in [-0.1, -0.05) is 29.8 Å². The Kier molecular flexibility index (Phi) is 9.91. The number of thiazole rings is 1. The Hall–Kier alpha value is -3.47. The van der Waals surface area contributed by atoms with Crippen LogP contribution in [0.1, 0.15) is 21.6 Å². The molecule has 0 unspecified atom stereocenters. The lowest BCUT2D eigenvalue weighted by Crippen LogP contribution is -2.49. The van der Waals surface area contributed by atoms with Crippen LogP contribution in [-0.2, 0) is 20.7 Å². The van der Waals surface area contributed by atoms with Crippen molar-refractivity contribution < 1.29 is 19.1 Å². The first-order chi connectivity index (χ1) is 18.8. The average molecular weight is 570 g/mol. The minimum Gasteiger partial charge on any atom is -0.383 e. The molecular formula is C28H32ClN5O4S. The van der Waals surface area contributed by atoms with Gasteiger partial charge < -0.3 is 24.8 Å². The Morgan fingerprint density at radius 2 is 1.79 bits per heavy atom. The second kappa shape index (κ2) is 13.5. The van der Waals surface area contributed by atoms with Crippen molar-refractivity contribution in [2.75, 3.05) is 63.2 Å². The molecule has 3 aromatic rings. The molecule has 1 N–H and O–H groups in total. The predicted molar refractivity (Wildman–Crippen MR) is 154 cm³/mol. The number of hydrogen-bond donors (Lipinski definition) is 1. The second-order valence-corrected chi connectivity index (χ2v) is 10.5. The number of ether oxygens (including phenoxy) is 1. The number of aromatic nitrogens is 1. The highest BCUT2D eigenvalue weighted by Gasteiger charge is 2.23. The third-order valence-corrected chi connectivity index (χ3v) is 7.56. The van der Waals surface area contributed by atoms with Gasteiger partial charge in [-0.25, -0.2) is 4.98 Å². The highest BCUT2D eigenvalue weighted by molar-refractivity contribution is 7.13. The molecule has 11 heteroatoms. The Morgan fingerprint density at radius 1 is 1.08 bits per heavy atom. The van der Waals surface area contributed by atoms with Gasteiger partial charge in [-0.3, -0.25) is 14.4 Å². The molecule has 3 amide bonds. The van der Waals surface area contributed by atoms with Crippen molar-refractivity contribution in [3.63, 3.8) is 0 Å². The number of benzene rings is 2. The lowest BCUT2D eigenvalue weighted by molar-refractivity contribution is -0.130. The first-order valence-corrected chi connectivity index (χ1v) is 14.0. The van der Waals surface area contributed by atoms with Crippen LogP contribution >= 0.6 is 22.9 Å². The van der Waals surface area contributed by atoms with E-state index in [0.717, 1.165) is 13.1 Å². The third-order valence-electron chi connectivity index (χ3n) is 6.50. The first-order valence-electron chi connectivity index (χ1n) is 12.7. The number of aryl methyl sites for hydroxylation is 1. The minimum atomic E-state index is -0.382. The van der Waals surface area contributed by atoms with E-state index in [1.54, 1.807) is 29.6 Å². The number of amides is 3. The quantitative estimate of drug-likeness (QED) is 0.400. The number of rotatable bonds is 10. The molecule has 1 fully saturated rings. The molecule has 1 aromatic heterocycles. The molecule has 0 bridgehead atoms. The van der Waals surface area contributed by atoms with E-state index >= 15 is 0 Å². The monoisotopic (exact) mass is 569 g/mol. The van der Waals surface area contributed by atoms with Crippen LogP contribution in [0.3, 0.4) is 0 Å². The van der Waals surface area contributed by atoms with Gasteiger partial charge >= 0.3 is 0 Å². The van der Waals surface area contributed by atoms with Crippen LogP contribution in [0.5, 0.6) is 0 Å². The number of para-hydroxylation sites is 1. The minimum absolute atomic E-state index is 0.0157. The maximum absolute atomic E-state index is 12.9. The molecule has 39 heavy (non-hydrogen) atoms. The zero-order chi connectivity index (χ0) is 27.8. The number of carbonyl (C=O) groups is 3. The zero-order valence-corrected chi connectivity index (χ0v) is 23.6. The summed E-state index contributed by atoms with van der Waals surface area (Å²) in [6, 6.07) is 14.8. The van der Waals surface area contributed by atoms with E-state index in [9.17, 15) is 14.4 Å². The highest BCUT2D eigenvalue weighted by atomic mass is 35.5. The number of piperazine rings is 1. The predicted octanol–water partition coefficient (Wildman–Crippen LogP) is 3.72. The lowest BCUT2D eigenvalue weighted by Gasteiger charge is -2.36. The first kappa shape index (κ1) is 28.5. The van der Waals surface area contributed by atoms with E-state index in [2.05, 4.69) is 34.3 Å². The molecule has 0 saturated carbocycles. The fourth-order valence-electron chi connectivity index (χ4n) is 4.39. The number of nitrogens with one attached hydrogen (secondary N) is 1. The maximum atomic E-state index is 12.9.